The average molecular weight is 220 g/mol. The van der Waals surface area contributed by atoms with Crippen molar-refractivity contribution in [2.75, 3.05) is 6.67 Å². The van der Waals surface area contributed by atoms with Gasteiger partial charge in [-0.25, -0.2) is 9.18 Å². The summed E-state index contributed by atoms with van der Waals surface area (Å²) in [5.41, 5.74) is 0.0344. The van der Waals surface area contributed by atoms with E-state index >= 15 is 0 Å². The molecule has 0 atom stereocenters. The third-order valence-corrected chi connectivity index (χ3v) is 1.40. The van der Waals surface area contributed by atoms with Crippen LogP contribution >= 0.6 is 0 Å². The largest absolute Gasteiger partial charge is 0.418 e. The molecule has 0 unspecified atom stereocenters. The Labute approximate surface area is 83.3 Å². The summed E-state index contributed by atoms with van der Waals surface area (Å²) in [4.78, 5) is 18.1. The monoisotopic (exact) mass is 220 g/mol. The number of rotatable bonds is 4. The number of alkyl halides is 3. The van der Waals surface area contributed by atoms with Gasteiger partial charge in [0.1, 0.15) is 0 Å². The molecule has 82 valence electrons. The average Bonchev–Trinajstić information content (AvgIpc) is 2.27. The molecule has 0 aliphatic heterocycles. The van der Waals surface area contributed by atoms with Crippen LogP contribution in [0.4, 0.5) is 13.2 Å². The Morgan fingerprint density at radius 3 is 2.40 bits per heavy atom. The summed E-state index contributed by atoms with van der Waals surface area (Å²) in [6.45, 7) is -2.06. The Morgan fingerprint density at radius 1 is 1.27 bits per heavy atom. The van der Waals surface area contributed by atoms with Crippen LogP contribution in [0.1, 0.15) is 10.4 Å². The fourth-order valence-corrected chi connectivity index (χ4v) is 0.743. The smallest absolute Gasteiger partial charge is 0.287 e. The van der Waals surface area contributed by atoms with E-state index in [1.165, 1.54) is 24.3 Å². The van der Waals surface area contributed by atoms with Gasteiger partial charge in [0, 0.05) is 0 Å². The summed E-state index contributed by atoms with van der Waals surface area (Å²) in [6, 6.07) is 7.36. The summed E-state index contributed by atoms with van der Waals surface area (Å²) in [5.74, 6) is -1.11. The maximum absolute atomic E-state index is 12.2. The maximum Gasteiger partial charge on any atom is 0.418 e. The van der Waals surface area contributed by atoms with Gasteiger partial charge < -0.3 is 0 Å². The van der Waals surface area contributed by atoms with Crippen LogP contribution in [0.2, 0.25) is 0 Å². The van der Waals surface area contributed by atoms with Crippen molar-refractivity contribution >= 4 is 5.97 Å². The van der Waals surface area contributed by atoms with Gasteiger partial charge in [0.2, 0.25) is 0 Å². The summed E-state index contributed by atoms with van der Waals surface area (Å²) >= 11 is 0. The van der Waals surface area contributed by atoms with Crippen molar-refractivity contribution in [3.63, 3.8) is 0 Å². The first kappa shape index (κ1) is 11.5. The number of hydrogen-bond acceptors (Lipinski definition) is 3. The van der Waals surface area contributed by atoms with Crippen LogP contribution in [0, 0.1) is 0 Å². The predicted molar refractivity (Wildman–Crippen MR) is 43.9 cm³/mol. The van der Waals surface area contributed by atoms with Gasteiger partial charge >= 0.3 is 12.1 Å². The fraction of sp³-hybridized carbons (Fsp3) is 0.222. The standard InChI is InChI=1S/C9H7F3O3/c10-6-9(11,12)15-14-8(13)7-4-2-1-3-5-7/h1-5H,6H2. The topological polar surface area (TPSA) is 35.5 Å². The molecule has 0 aliphatic rings. The minimum Gasteiger partial charge on any atom is -0.287 e. The summed E-state index contributed by atoms with van der Waals surface area (Å²) in [6.07, 6.45) is -4.11. The quantitative estimate of drug-likeness (QED) is 0.577. The van der Waals surface area contributed by atoms with Crippen molar-refractivity contribution in [3.8, 4) is 0 Å². The molecule has 0 heterocycles. The van der Waals surface area contributed by atoms with E-state index in [-0.39, 0.29) is 5.56 Å². The molecule has 0 amide bonds. The van der Waals surface area contributed by atoms with Crippen molar-refractivity contribution in [2.24, 2.45) is 0 Å². The molecule has 1 aromatic rings. The Kier molecular flexibility index (Phi) is 3.68. The molecule has 0 N–H and O–H groups in total. The van der Waals surface area contributed by atoms with Gasteiger partial charge in [0.05, 0.1) is 5.56 Å². The van der Waals surface area contributed by atoms with E-state index in [2.05, 4.69) is 9.78 Å². The maximum atomic E-state index is 12.2. The van der Waals surface area contributed by atoms with Gasteiger partial charge in [-0.3, -0.25) is 4.89 Å². The lowest BCUT2D eigenvalue weighted by Crippen LogP contribution is -2.25. The third kappa shape index (κ3) is 3.59. The molecular formula is C9H7F3O3. The fourth-order valence-electron chi connectivity index (χ4n) is 0.743. The Bertz CT molecular complexity index is 327. The molecule has 3 nitrogen and oxygen atoms in total. The molecule has 1 aromatic carbocycles. The van der Waals surface area contributed by atoms with Gasteiger partial charge in [-0.2, -0.15) is 8.78 Å². The summed E-state index contributed by atoms with van der Waals surface area (Å²) < 4.78 is 35.9. The number of benzene rings is 1. The van der Waals surface area contributed by atoms with E-state index in [9.17, 15) is 18.0 Å². The SMILES string of the molecule is O=C(OOC(F)(F)CF)c1ccccc1. The highest BCUT2D eigenvalue weighted by atomic mass is 19.3. The molecule has 0 spiro atoms. The summed E-state index contributed by atoms with van der Waals surface area (Å²) in [7, 11) is 0. The molecule has 1 rings (SSSR count). The van der Waals surface area contributed by atoms with E-state index in [1.54, 1.807) is 6.07 Å². The highest BCUT2D eigenvalue weighted by molar-refractivity contribution is 5.88. The van der Waals surface area contributed by atoms with Crippen LogP contribution in [0.15, 0.2) is 30.3 Å². The van der Waals surface area contributed by atoms with Crippen molar-refractivity contribution < 1.29 is 27.7 Å². The second-order valence-corrected chi connectivity index (χ2v) is 2.59. The molecular weight excluding hydrogens is 213 g/mol. The highest BCUT2D eigenvalue weighted by Gasteiger charge is 2.33. The van der Waals surface area contributed by atoms with Crippen LogP contribution in [-0.2, 0) is 9.78 Å². The lowest BCUT2D eigenvalue weighted by Gasteiger charge is -2.10. The first-order chi connectivity index (χ1) is 7.05. The third-order valence-electron chi connectivity index (χ3n) is 1.40. The van der Waals surface area contributed by atoms with E-state index in [0.717, 1.165) is 0 Å². The van der Waals surface area contributed by atoms with E-state index in [1.807, 2.05) is 0 Å². The van der Waals surface area contributed by atoms with Crippen molar-refractivity contribution in [2.45, 2.75) is 6.11 Å². The normalized spacial score (nSPS) is 11.1. The molecule has 0 saturated heterocycles. The van der Waals surface area contributed by atoms with Gasteiger partial charge in [0.15, 0.2) is 6.67 Å². The van der Waals surface area contributed by atoms with Gasteiger partial charge in [-0.05, 0) is 12.1 Å². The number of carbonyl (C=O) groups excluding carboxylic acids is 1. The van der Waals surface area contributed by atoms with Crippen LogP contribution in [0.3, 0.4) is 0 Å². The summed E-state index contributed by atoms with van der Waals surface area (Å²) in [5, 5.41) is 0. The van der Waals surface area contributed by atoms with E-state index in [4.69, 9.17) is 0 Å². The van der Waals surface area contributed by atoms with Crippen molar-refractivity contribution in [3.05, 3.63) is 35.9 Å². The molecule has 0 bridgehead atoms. The predicted octanol–water partition coefficient (Wildman–Crippen LogP) is 2.34. The van der Waals surface area contributed by atoms with Crippen molar-refractivity contribution in [1.82, 2.24) is 0 Å². The van der Waals surface area contributed by atoms with Crippen LogP contribution in [0.5, 0.6) is 0 Å². The molecule has 0 saturated carbocycles. The molecule has 0 aromatic heterocycles. The number of carbonyl (C=O) groups is 1. The second-order valence-electron chi connectivity index (χ2n) is 2.59. The van der Waals surface area contributed by atoms with E-state index < -0.39 is 18.8 Å². The highest BCUT2D eigenvalue weighted by Crippen LogP contribution is 2.16. The Balaban J connectivity index is 2.51. The molecule has 6 heteroatoms. The molecule has 0 radical (unpaired) electrons. The lowest BCUT2D eigenvalue weighted by atomic mass is 10.2. The first-order valence-corrected chi connectivity index (χ1v) is 3.94. The minimum absolute atomic E-state index is 0.0344. The molecule has 15 heavy (non-hydrogen) atoms. The first-order valence-electron chi connectivity index (χ1n) is 3.94. The van der Waals surface area contributed by atoms with E-state index in [0.29, 0.717) is 0 Å². The van der Waals surface area contributed by atoms with Crippen LogP contribution < -0.4 is 0 Å². The van der Waals surface area contributed by atoms with Crippen LogP contribution in [-0.4, -0.2) is 18.8 Å². The zero-order valence-electron chi connectivity index (χ0n) is 7.45. The van der Waals surface area contributed by atoms with Gasteiger partial charge in [-0.1, -0.05) is 18.2 Å². The minimum atomic E-state index is -4.11. The zero-order valence-corrected chi connectivity index (χ0v) is 7.45. The van der Waals surface area contributed by atoms with Gasteiger partial charge in [-0.15, -0.1) is 4.89 Å². The zero-order chi connectivity index (χ0) is 11.3. The van der Waals surface area contributed by atoms with Crippen molar-refractivity contribution in [1.29, 1.82) is 0 Å². The number of hydrogen-bond donors (Lipinski definition) is 0. The second kappa shape index (κ2) is 4.79. The van der Waals surface area contributed by atoms with Gasteiger partial charge in [0.25, 0.3) is 0 Å². The molecule has 0 aliphatic carbocycles. The Morgan fingerprint density at radius 2 is 1.87 bits per heavy atom. The lowest BCUT2D eigenvalue weighted by molar-refractivity contribution is -0.408. The van der Waals surface area contributed by atoms with Crippen LogP contribution in [0.25, 0.3) is 0 Å². The molecule has 0 fully saturated rings. The Hall–Kier alpha value is -1.56. The number of halogens is 3.